The van der Waals surface area contributed by atoms with E-state index >= 15 is 0 Å². The average molecular weight is 569 g/mol. The monoisotopic (exact) mass is 569 g/mol. The quantitative estimate of drug-likeness (QED) is 0.208. The molecule has 3 rings (SSSR count). The van der Waals surface area contributed by atoms with Gasteiger partial charge in [-0.1, -0.05) is 42.5 Å². The van der Waals surface area contributed by atoms with Crippen LogP contribution in [0.15, 0.2) is 70.3 Å². The lowest BCUT2D eigenvalue weighted by Crippen LogP contribution is -2.36. The topological polar surface area (TPSA) is 109 Å². The Hall–Kier alpha value is -2.44. The predicted molar refractivity (Wildman–Crippen MR) is 137 cm³/mol. The molecular formula is C22H28IN5O3S. The highest BCUT2D eigenvalue weighted by atomic mass is 127. The van der Waals surface area contributed by atoms with Crippen molar-refractivity contribution < 1.29 is 12.8 Å². The SMILES string of the molecule is CCNC(=NCc1cccc(CS(=O)(=O)NC)c1)NCc1coc(-c2ccccc2)n1.I. The number of nitrogens with one attached hydrogen (secondary N) is 3. The summed E-state index contributed by atoms with van der Waals surface area (Å²) in [4.78, 5) is 9.10. The first-order chi connectivity index (χ1) is 15.0. The molecule has 32 heavy (non-hydrogen) atoms. The van der Waals surface area contributed by atoms with Crippen molar-refractivity contribution in [2.24, 2.45) is 4.99 Å². The summed E-state index contributed by atoms with van der Waals surface area (Å²) >= 11 is 0. The van der Waals surface area contributed by atoms with E-state index in [0.717, 1.165) is 22.4 Å². The van der Waals surface area contributed by atoms with Gasteiger partial charge in [0, 0.05) is 12.1 Å². The minimum atomic E-state index is -3.31. The van der Waals surface area contributed by atoms with Gasteiger partial charge < -0.3 is 15.1 Å². The summed E-state index contributed by atoms with van der Waals surface area (Å²) in [5.41, 5.74) is 3.34. The van der Waals surface area contributed by atoms with E-state index in [1.807, 2.05) is 55.5 Å². The highest BCUT2D eigenvalue weighted by Gasteiger charge is 2.09. The summed E-state index contributed by atoms with van der Waals surface area (Å²) in [7, 11) is -1.90. The second kappa shape index (κ2) is 12.6. The van der Waals surface area contributed by atoms with Crippen molar-refractivity contribution in [3.63, 3.8) is 0 Å². The first-order valence-electron chi connectivity index (χ1n) is 10.00. The van der Waals surface area contributed by atoms with E-state index in [1.54, 1.807) is 12.3 Å². The Morgan fingerprint density at radius 1 is 1.06 bits per heavy atom. The third-order valence-electron chi connectivity index (χ3n) is 4.43. The molecule has 172 valence electrons. The van der Waals surface area contributed by atoms with Crippen LogP contribution in [0, 0.1) is 0 Å². The smallest absolute Gasteiger partial charge is 0.226 e. The highest BCUT2D eigenvalue weighted by molar-refractivity contribution is 14.0. The summed E-state index contributed by atoms with van der Waals surface area (Å²) in [5.74, 6) is 1.16. The van der Waals surface area contributed by atoms with Gasteiger partial charge in [0.05, 0.1) is 24.5 Å². The molecule has 0 bridgehead atoms. The van der Waals surface area contributed by atoms with Crippen molar-refractivity contribution in [1.29, 1.82) is 0 Å². The molecule has 1 heterocycles. The molecule has 3 N–H and O–H groups in total. The summed E-state index contributed by atoms with van der Waals surface area (Å²) in [5, 5.41) is 6.44. The summed E-state index contributed by atoms with van der Waals surface area (Å²) in [6.07, 6.45) is 1.63. The average Bonchev–Trinajstić information content (AvgIpc) is 3.25. The van der Waals surface area contributed by atoms with Gasteiger partial charge in [-0.15, -0.1) is 24.0 Å². The van der Waals surface area contributed by atoms with Gasteiger partial charge in [0.25, 0.3) is 0 Å². The second-order valence-electron chi connectivity index (χ2n) is 6.84. The van der Waals surface area contributed by atoms with Crippen molar-refractivity contribution in [3.05, 3.63) is 77.7 Å². The number of benzene rings is 2. The molecule has 0 aliphatic rings. The normalized spacial score (nSPS) is 11.6. The van der Waals surface area contributed by atoms with Crippen molar-refractivity contribution in [1.82, 2.24) is 20.3 Å². The Bertz CT molecular complexity index is 1120. The zero-order valence-electron chi connectivity index (χ0n) is 18.0. The zero-order chi connectivity index (χ0) is 22.1. The summed E-state index contributed by atoms with van der Waals surface area (Å²) < 4.78 is 31.4. The number of halogens is 1. The molecule has 0 radical (unpaired) electrons. The summed E-state index contributed by atoms with van der Waals surface area (Å²) in [6.45, 7) is 3.57. The summed E-state index contributed by atoms with van der Waals surface area (Å²) in [6, 6.07) is 17.1. The van der Waals surface area contributed by atoms with Crippen LogP contribution in [0.5, 0.6) is 0 Å². The third-order valence-corrected chi connectivity index (χ3v) is 5.77. The first-order valence-corrected chi connectivity index (χ1v) is 11.7. The number of rotatable bonds is 9. The van der Waals surface area contributed by atoms with Gasteiger partial charge in [-0.3, -0.25) is 0 Å². The molecule has 10 heteroatoms. The molecule has 1 aromatic heterocycles. The van der Waals surface area contributed by atoms with E-state index < -0.39 is 10.0 Å². The number of hydrogen-bond donors (Lipinski definition) is 3. The largest absolute Gasteiger partial charge is 0.444 e. The van der Waals surface area contributed by atoms with Gasteiger partial charge in [0.15, 0.2) is 5.96 Å². The molecule has 0 unspecified atom stereocenters. The van der Waals surface area contributed by atoms with E-state index in [-0.39, 0.29) is 29.7 Å². The Morgan fingerprint density at radius 2 is 1.81 bits per heavy atom. The molecule has 0 spiro atoms. The minimum Gasteiger partial charge on any atom is -0.444 e. The van der Waals surface area contributed by atoms with E-state index in [2.05, 4.69) is 25.3 Å². The molecule has 0 aliphatic heterocycles. The van der Waals surface area contributed by atoms with Gasteiger partial charge in [-0.25, -0.2) is 23.1 Å². The molecule has 0 saturated carbocycles. The van der Waals surface area contributed by atoms with Crippen LogP contribution in [0.1, 0.15) is 23.7 Å². The number of nitrogens with zero attached hydrogens (tertiary/aromatic N) is 2. The van der Waals surface area contributed by atoms with Crippen LogP contribution in [-0.4, -0.2) is 33.0 Å². The maximum Gasteiger partial charge on any atom is 0.226 e. The molecule has 3 aromatic rings. The van der Waals surface area contributed by atoms with Crippen LogP contribution < -0.4 is 15.4 Å². The molecule has 0 amide bonds. The lowest BCUT2D eigenvalue weighted by atomic mass is 10.1. The van der Waals surface area contributed by atoms with Crippen LogP contribution in [0.25, 0.3) is 11.5 Å². The van der Waals surface area contributed by atoms with Gasteiger partial charge >= 0.3 is 0 Å². The maximum absolute atomic E-state index is 11.8. The number of aromatic nitrogens is 1. The number of sulfonamides is 1. The second-order valence-corrected chi connectivity index (χ2v) is 8.77. The Labute approximate surface area is 206 Å². The van der Waals surface area contributed by atoms with Gasteiger partial charge in [-0.05, 0) is 37.2 Å². The van der Waals surface area contributed by atoms with Crippen LogP contribution in [-0.2, 0) is 28.9 Å². The first kappa shape index (κ1) is 25.8. The Morgan fingerprint density at radius 3 is 2.53 bits per heavy atom. The highest BCUT2D eigenvalue weighted by Crippen LogP contribution is 2.17. The van der Waals surface area contributed by atoms with Crippen molar-refractivity contribution in [2.45, 2.75) is 25.8 Å². The van der Waals surface area contributed by atoms with E-state index in [1.165, 1.54) is 7.05 Å². The van der Waals surface area contributed by atoms with Crippen LogP contribution >= 0.6 is 24.0 Å². The predicted octanol–water partition coefficient (Wildman–Crippen LogP) is 3.26. The molecular weight excluding hydrogens is 541 g/mol. The molecule has 0 atom stereocenters. The Balaban J connectivity index is 0.00000363. The maximum atomic E-state index is 11.8. The molecule has 8 nitrogen and oxygen atoms in total. The van der Waals surface area contributed by atoms with Crippen molar-refractivity contribution in [3.8, 4) is 11.5 Å². The number of aliphatic imine (C=N–C) groups is 1. The van der Waals surface area contributed by atoms with Gasteiger partial charge in [0.2, 0.25) is 15.9 Å². The zero-order valence-corrected chi connectivity index (χ0v) is 21.2. The van der Waals surface area contributed by atoms with E-state index in [0.29, 0.717) is 31.5 Å². The molecule has 2 aromatic carbocycles. The molecule has 0 aliphatic carbocycles. The standard InChI is InChI=1S/C22H27N5O3S.HI/c1-3-24-22(25-13-17-8-7-9-18(12-17)16-31(28,29)23-2)26-14-20-15-30-21(27-20)19-10-5-4-6-11-19;/h4-12,15,23H,3,13-14,16H2,1-2H3,(H2,24,25,26);1H. The minimum absolute atomic E-state index is 0. The lowest BCUT2D eigenvalue weighted by Gasteiger charge is -2.10. The molecule has 0 saturated heterocycles. The van der Waals surface area contributed by atoms with Crippen LogP contribution in [0.2, 0.25) is 0 Å². The molecule has 0 fully saturated rings. The number of oxazole rings is 1. The van der Waals surface area contributed by atoms with E-state index in [4.69, 9.17) is 4.42 Å². The number of guanidine groups is 1. The van der Waals surface area contributed by atoms with Crippen molar-refractivity contribution in [2.75, 3.05) is 13.6 Å². The number of hydrogen-bond acceptors (Lipinski definition) is 5. The third kappa shape index (κ3) is 7.92. The van der Waals surface area contributed by atoms with Crippen LogP contribution in [0.3, 0.4) is 0 Å². The fourth-order valence-corrected chi connectivity index (χ4v) is 3.66. The van der Waals surface area contributed by atoms with E-state index in [9.17, 15) is 8.42 Å². The van der Waals surface area contributed by atoms with Crippen molar-refractivity contribution >= 4 is 40.0 Å². The van der Waals surface area contributed by atoms with Gasteiger partial charge in [-0.2, -0.15) is 0 Å². The van der Waals surface area contributed by atoms with Crippen LogP contribution in [0.4, 0.5) is 0 Å². The van der Waals surface area contributed by atoms with Gasteiger partial charge in [0.1, 0.15) is 6.26 Å². The fraction of sp³-hybridized carbons (Fsp3) is 0.273. The fourth-order valence-electron chi connectivity index (χ4n) is 2.90. The Kier molecular flexibility index (Phi) is 10.1. The lowest BCUT2D eigenvalue weighted by molar-refractivity contribution is 0.572.